The van der Waals surface area contributed by atoms with E-state index >= 15 is 0 Å². The second-order valence-corrected chi connectivity index (χ2v) is 7.30. The molecule has 2 aromatic rings. The highest BCUT2D eigenvalue weighted by Crippen LogP contribution is 2.31. The van der Waals surface area contributed by atoms with Gasteiger partial charge in [0, 0.05) is 5.02 Å². The summed E-state index contributed by atoms with van der Waals surface area (Å²) in [6.45, 7) is 11.9. The SMILES string of the molecule is C=C(NC(C)c1cccc(Oc2ccc(Cl)cc2N)c1)OC(C)(C)C. The van der Waals surface area contributed by atoms with Gasteiger partial charge in [-0.15, -0.1) is 0 Å². The minimum atomic E-state index is -0.291. The zero-order valence-electron chi connectivity index (χ0n) is 15.1. The first kappa shape index (κ1) is 19.0. The molecule has 0 fully saturated rings. The molecular weight excluding hydrogens is 336 g/mol. The van der Waals surface area contributed by atoms with E-state index in [0.29, 0.717) is 28.1 Å². The maximum atomic E-state index is 5.94. The van der Waals surface area contributed by atoms with Gasteiger partial charge in [-0.25, -0.2) is 0 Å². The largest absolute Gasteiger partial charge is 0.474 e. The summed E-state index contributed by atoms with van der Waals surface area (Å²) in [4.78, 5) is 0. The fourth-order valence-electron chi connectivity index (χ4n) is 2.31. The van der Waals surface area contributed by atoms with Crippen LogP contribution in [-0.4, -0.2) is 5.60 Å². The van der Waals surface area contributed by atoms with Crippen LogP contribution in [0.25, 0.3) is 0 Å². The van der Waals surface area contributed by atoms with E-state index in [1.807, 2.05) is 52.0 Å². The first-order valence-electron chi connectivity index (χ1n) is 8.11. The Hall–Kier alpha value is -2.33. The number of rotatable bonds is 6. The molecule has 0 aromatic heterocycles. The van der Waals surface area contributed by atoms with E-state index in [-0.39, 0.29) is 11.6 Å². The smallest absolute Gasteiger partial charge is 0.180 e. The summed E-state index contributed by atoms with van der Waals surface area (Å²) in [6, 6.07) is 13.0. The molecule has 3 N–H and O–H groups in total. The quantitative estimate of drug-likeness (QED) is 0.516. The molecule has 0 aliphatic carbocycles. The van der Waals surface area contributed by atoms with Crippen molar-refractivity contribution in [2.75, 3.05) is 5.73 Å². The number of nitrogen functional groups attached to an aromatic ring is 1. The standard InChI is InChI=1S/C20H25ClN2O2/c1-13(23-14(2)25-20(3,4)5)15-7-6-8-17(11-15)24-19-10-9-16(21)12-18(19)22/h6-13,23H,2,22H2,1,3-5H3. The molecule has 2 aromatic carbocycles. The van der Waals surface area contributed by atoms with Gasteiger partial charge < -0.3 is 20.5 Å². The van der Waals surface area contributed by atoms with E-state index in [9.17, 15) is 0 Å². The lowest BCUT2D eigenvalue weighted by atomic mass is 10.1. The molecule has 0 aliphatic rings. The molecule has 0 spiro atoms. The molecule has 134 valence electrons. The third kappa shape index (κ3) is 5.91. The van der Waals surface area contributed by atoms with Gasteiger partial charge in [0.05, 0.1) is 11.7 Å². The molecule has 0 aliphatic heterocycles. The molecule has 0 amide bonds. The monoisotopic (exact) mass is 360 g/mol. The average molecular weight is 361 g/mol. The van der Waals surface area contributed by atoms with Crippen molar-refractivity contribution in [3.05, 3.63) is 65.5 Å². The summed E-state index contributed by atoms with van der Waals surface area (Å²) in [5, 5.41) is 3.83. The van der Waals surface area contributed by atoms with Gasteiger partial charge in [-0.1, -0.05) is 23.7 Å². The second-order valence-electron chi connectivity index (χ2n) is 6.86. The first-order valence-corrected chi connectivity index (χ1v) is 8.49. The Balaban J connectivity index is 2.08. The zero-order valence-corrected chi connectivity index (χ0v) is 15.9. The number of benzene rings is 2. The lowest BCUT2D eigenvalue weighted by molar-refractivity contribution is 0.0389. The average Bonchev–Trinajstić information content (AvgIpc) is 2.48. The Bertz CT molecular complexity index is 754. The van der Waals surface area contributed by atoms with Crippen LogP contribution in [0.2, 0.25) is 5.02 Å². The topological polar surface area (TPSA) is 56.5 Å². The third-order valence-corrected chi connectivity index (χ3v) is 3.60. The minimum absolute atomic E-state index is 0.0148. The third-order valence-electron chi connectivity index (χ3n) is 3.36. The maximum Gasteiger partial charge on any atom is 0.180 e. The van der Waals surface area contributed by atoms with Crippen molar-refractivity contribution in [3.8, 4) is 11.5 Å². The van der Waals surface area contributed by atoms with Crippen LogP contribution in [0.5, 0.6) is 11.5 Å². The van der Waals surface area contributed by atoms with Crippen molar-refractivity contribution in [1.82, 2.24) is 5.32 Å². The van der Waals surface area contributed by atoms with Crippen molar-refractivity contribution < 1.29 is 9.47 Å². The summed E-state index contributed by atoms with van der Waals surface area (Å²) < 4.78 is 11.6. The molecule has 0 saturated heterocycles. The fourth-order valence-corrected chi connectivity index (χ4v) is 2.49. The number of halogens is 1. The van der Waals surface area contributed by atoms with Gasteiger partial charge in [0.15, 0.2) is 5.88 Å². The van der Waals surface area contributed by atoms with Crippen LogP contribution >= 0.6 is 11.6 Å². The summed E-state index contributed by atoms with van der Waals surface area (Å²) in [5.74, 6) is 1.80. The summed E-state index contributed by atoms with van der Waals surface area (Å²) in [5.41, 5.74) is 7.19. The Morgan fingerprint density at radius 2 is 1.92 bits per heavy atom. The number of anilines is 1. The molecule has 4 nitrogen and oxygen atoms in total. The summed E-state index contributed by atoms with van der Waals surface area (Å²) in [7, 11) is 0. The number of hydrogen-bond acceptors (Lipinski definition) is 4. The molecule has 1 atom stereocenters. The van der Waals surface area contributed by atoms with Crippen molar-refractivity contribution in [3.63, 3.8) is 0 Å². The van der Waals surface area contributed by atoms with Crippen LogP contribution in [0, 0.1) is 0 Å². The number of ether oxygens (including phenoxy) is 2. The number of nitrogens with one attached hydrogen (secondary N) is 1. The lowest BCUT2D eigenvalue weighted by Crippen LogP contribution is -2.26. The predicted octanol–water partition coefficient (Wildman–Crippen LogP) is 5.65. The molecule has 2 rings (SSSR count). The first-order chi connectivity index (χ1) is 11.6. The molecule has 0 bridgehead atoms. The normalized spacial score (nSPS) is 12.4. The molecule has 0 radical (unpaired) electrons. The molecule has 1 unspecified atom stereocenters. The van der Waals surface area contributed by atoms with Crippen LogP contribution in [-0.2, 0) is 4.74 Å². The molecule has 25 heavy (non-hydrogen) atoms. The van der Waals surface area contributed by atoms with Crippen molar-refractivity contribution in [2.24, 2.45) is 0 Å². The Morgan fingerprint density at radius 1 is 1.20 bits per heavy atom. The van der Waals surface area contributed by atoms with Gasteiger partial charge in [-0.2, -0.15) is 0 Å². The van der Waals surface area contributed by atoms with Gasteiger partial charge >= 0.3 is 0 Å². The highest BCUT2D eigenvalue weighted by atomic mass is 35.5. The van der Waals surface area contributed by atoms with Gasteiger partial charge in [0.25, 0.3) is 0 Å². The zero-order chi connectivity index (χ0) is 18.6. The van der Waals surface area contributed by atoms with E-state index in [4.69, 9.17) is 26.8 Å². The van der Waals surface area contributed by atoms with E-state index in [0.717, 1.165) is 5.56 Å². The number of nitrogens with two attached hydrogens (primary N) is 1. The van der Waals surface area contributed by atoms with E-state index in [2.05, 4.69) is 11.9 Å². The molecule has 0 saturated carbocycles. The van der Waals surface area contributed by atoms with Crippen LogP contribution in [0.4, 0.5) is 5.69 Å². The molecular formula is C20H25ClN2O2. The fraction of sp³-hybridized carbons (Fsp3) is 0.300. The van der Waals surface area contributed by atoms with Crippen LogP contribution in [0.3, 0.4) is 0 Å². The molecule has 0 heterocycles. The summed E-state index contributed by atoms with van der Waals surface area (Å²) >= 11 is 5.92. The highest BCUT2D eigenvalue weighted by Gasteiger charge is 2.15. The highest BCUT2D eigenvalue weighted by molar-refractivity contribution is 6.30. The Kier molecular flexibility index (Phi) is 5.85. The van der Waals surface area contributed by atoms with Crippen molar-refractivity contribution in [2.45, 2.75) is 39.3 Å². The van der Waals surface area contributed by atoms with Crippen LogP contribution < -0.4 is 15.8 Å². The predicted molar refractivity (Wildman–Crippen MR) is 104 cm³/mol. The van der Waals surface area contributed by atoms with E-state index in [1.165, 1.54) is 0 Å². The van der Waals surface area contributed by atoms with E-state index in [1.54, 1.807) is 18.2 Å². The van der Waals surface area contributed by atoms with Crippen molar-refractivity contribution in [1.29, 1.82) is 0 Å². The van der Waals surface area contributed by atoms with Gasteiger partial charge in [-0.05, 0) is 70.2 Å². The van der Waals surface area contributed by atoms with Crippen LogP contribution in [0.15, 0.2) is 54.9 Å². The Morgan fingerprint density at radius 3 is 2.56 bits per heavy atom. The van der Waals surface area contributed by atoms with Gasteiger partial charge in [-0.3, -0.25) is 0 Å². The van der Waals surface area contributed by atoms with E-state index < -0.39 is 0 Å². The molecule has 5 heteroatoms. The van der Waals surface area contributed by atoms with Gasteiger partial charge in [0.2, 0.25) is 0 Å². The minimum Gasteiger partial charge on any atom is -0.474 e. The second kappa shape index (κ2) is 7.70. The van der Waals surface area contributed by atoms with Crippen LogP contribution in [0.1, 0.15) is 39.3 Å². The number of hydrogen-bond donors (Lipinski definition) is 2. The summed E-state index contributed by atoms with van der Waals surface area (Å²) in [6.07, 6.45) is 0. The maximum absolute atomic E-state index is 5.94. The van der Waals surface area contributed by atoms with Crippen molar-refractivity contribution >= 4 is 17.3 Å². The lowest BCUT2D eigenvalue weighted by Gasteiger charge is -2.26. The van der Waals surface area contributed by atoms with Gasteiger partial charge in [0.1, 0.15) is 17.1 Å². The Labute approximate surface area is 154 Å².